The van der Waals surface area contributed by atoms with Gasteiger partial charge in [0.1, 0.15) is 18.5 Å². The molecule has 0 saturated carbocycles. The van der Waals surface area contributed by atoms with Gasteiger partial charge in [0.05, 0.1) is 0 Å². The van der Waals surface area contributed by atoms with Gasteiger partial charge in [-0.3, -0.25) is 0 Å². The number of rotatable bonds is 6. The second-order valence-electron chi connectivity index (χ2n) is 5.85. The van der Waals surface area contributed by atoms with Crippen molar-refractivity contribution in [2.75, 3.05) is 26.2 Å². The van der Waals surface area contributed by atoms with Gasteiger partial charge < -0.3 is 20.5 Å². The summed E-state index contributed by atoms with van der Waals surface area (Å²) in [7, 11) is 0. The van der Waals surface area contributed by atoms with Crippen molar-refractivity contribution in [1.82, 2.24) is 4.90 Å². The van der Waals surface area contributed by atoms with Crippen LogP contribution < -0.4 is 10.5 Å². The predicted molar refractivity (Wildman–Crippen MR) is 85.4 cm³/mol. The average Bonchev–Trinajstić information content (AvgIpc) is 2.48. The largest absolute Gasteiger partial charge is 0.491 e. The molecular weight excluding hydrogens is 264 g/mol. The zero-order valence-electron chi connectivity index (χ0n) is 12.8. The van der Waals surface area contributed by atoms with E-state index in [0.717, 1.165) is 24.4 Å². The molecule has 1 fully saturated rings. The van der Waals surface area contributed by atoms with Crippen LogP contribution in [0.4, 0.5) is 0 Å². The van der Waals surface area contributed by atoms with Crippen LogP contribution in [-0.2, 0) is 6.54 Å². The van der Waals surface area contributed by atoms with Crippen molar-refractivity contribution in [2.24, 2.45) is 5.73 Å². The van der Waals surface area contributed by atoms with E-state index in [1.165, 1.54) is 32.1 Å². The molecule has 0 aliphatic carbocycles. The van der Waals surface area contributed by atoms with Crippen molar-refractivity contribution in [2.45, 2.75) is 44.8 Å². The highest BCUT2D eigenvalue weighted by Gasteiger charge is 2.14. The third kappa shape index (κ3) is 5.65. The second-order valence-corrected chi connectivity index (χ2v) is 5.85. The summed E-state index contributed by atoms with van der Waals surface area (Å²) in [5.74, 6) is 0.784. The molecule has 3 N–H and O–H groups in total. The van der Waals surface area contributed by atoms with Crippen LogP contribution in [0.1, 0.15) is 37.7 Å². The molecule has 0 aromatic heterocycles. The number of β-amino-alcohol motifs (C(OH)–C–C–N with tert-alkyl or cyclic N) is 1. The lowest BCUT2D eigenvalue weighted by Crippen LogP contribution is -2.37. The Bertz CT molecular complexity index is 404. The summed E-state index contributed by atoms with van der Waals surface area (Å²) in [6.45, 7) is 3.67. The quantitative estimate of drug-likeness (QED) is 0.843. The fourth-order valence-electron chi connectivity index (χ4n) is 2.85. The van der Waals surface area contributed by atoms with Crippen LogP contribution in [0, 0.1) is 0 Å². The smallest absolute Gasteiger partial charge is 0.123 e. The Balaban J connectivity index is 1.77. The van der Waals surface area contributed by atoms with Gasteiger partial charge in [-0.2, -0.15) is 0 Å². The molecule has 0 bridgehead atoms. The Morgan fingerprint density at radius 3 is 2.48 bits per heavy atom. The topological polar surface area (TPSA) is 58.7 Å². The molecular formula is C17H28N2O2. The molecule has 1 aromatic rings. The summed E-state index contributed by atoms with van der Waals surface area (Å²) in [6, 6.07) is 7.75. The zero-order chi connectivity index (χ0) is 14.9. The number of likely N-dealkylation sites (tertiary alicyclic amines) is 1. The molecule has 0 radical (unpaired) electrons. The van der Waals surface area contributed by atoms with Gasteiger partial charge in [-0.15, -0.1) is 0 Å². The molecule has 1 aromatic carbocycles. The molecule has 1 aliphatic rings. The van der Waals surface area contributed by atoms with E-state index in [1.807, 2.05) is 24.3 Å². The summed E-state index contributed by atoms with van der Waals surface area (Å²) in [4.78, 5) is 2.36. The van der Waals surface area contributed by atoms with Crippen LogP contribution in [0.25, 0.3) is 0 Å². The number of nitrogens with two attached hydrogens (primary N) is 1. The van der Waals surface area contributed by atoms with Gasteiger partial charge in [0, 0.05) is 18.7 Å². The van der Waals surface area contributed by atoms with E-state index in [2.05, 4.69) is 4.90 Å². The lowest BCUT2D eigenvalue weighted by atomic mass is 10.1. The van der Waals surface area contributed by atoms with E-state index in [-0.39, 0.29) is 0 Å². The summed E-state index contributed by atoms with van der Waals surface area (Å²) < 4.78 is 5.73. The Labute approximate surface area is 127 Å². The van der Waals surface area contributed by atoms with E-state index in [4.69, 9.17) is 10.5 Å². The first-order valence-electron chi connectivity index (χ1n) is 8.11. The van der Waals surface area contributed by atoms with Crippen LogP contribution in [0.5, 0.6) is 5.75 Å². The standard InChI is InChI=1S/C17H28N2O2/c18-12-15-8-4-5-9-17(15)21-14-16(20)13-19-10-6-2-1-3-7-11-19/h4-5,8-9,16,20H,1-3,6-7,10-14,18H2. The van der Waals surface area contributed by atoms with E-state index >= 15 is 0 Å². The Hall–Kier alpha value is -1.10. The van der Waals surface area contributed by atoms with Crippen molar-refractivity contribution < 1.29 is 9.84 Å². The minimum Gasteiger partial charge on any atom is -0.491 e. The van der Waals surface area contributed by atoms with Crippen molar-refractivity contribution in [1.29, 1.82) is 0 Å². The monoisotopic (exact) mass is 292 g/mol. The molecule has 0 spiro atoms. The van der Waals surface area contributed by atoms with E-state index < -0.39 is 6.10 Å². The van der Waals surface area contributed by atoms with Gasteiger partial charge in [-0.25, -0.2) is 0 Å². The van der Waals surface area contributed by atoms with Gasteiger partial charge in [0.15, 0.2) is 0 Å². The van der Waals surface area contributed by atoms with Gasteiger partial charge in [-0.1, -0.05) is 37.5 Å². The van der Waals surface area contributed by atoms with E-state index in [0.29, 0.717) is 19.7 Å². The fourth-order valence-corrected chi connectivity index (χ4v) is 2.85. The first-order valence-corrected chi connectivity index (χ1v) is 8.11. The first kappa shape index (κ1) is 16.3. The van der Waals surface area contributed by atoms with Crippen LogP contribution >= 0.6 is 0 Å². The average molecular weight is 292 g/mol. The lowest BCUT2D eigenvalue weighted by molar-refractivity contribution is 0.0651. The highest BCUT2D eigenvalue weighted by Crippen LogP contribution is 2.17. The number of benzene rings is 1. The Morgan fingerprint density at radius 1 is 1.10 bits per heavy atom. The number of aliphatic hydroxyl groups excluding tert-OH is 1. The molecule has 1 aliphatic heterocycles. The van der Waals surface area contributed by atoms with Crippen LogP contribution in [0.15, 0.2) is 24.3 Å². The highest BCUT2D eigenvalue weighted by atomic mass is 16.5. The third-order valence-electron chi connectivity index (χ3n) is 4.04. The maximum absolute atomic E-state index is 10.2. The molecule has 1 atom stereocenters. The van der Waals surface area contributed by atoms with Crippen LogP contribution in [-0.4, -0.2) is 42.4 Å². The molecule has 0 amide bonds. The molecule has 1 saturated heterocycles. The van der Waals surface area contributed by atoms with Crippen molar-refractivity contribution in [3.63, 3.8) is 0 Å². The molecule has 21 heavy (non-hydrogen) atoms. The van der Waals surface area contributed by atoms with Gasteiger partial charge in [0.2, 0.25) is 0 Å². The number of ether oxygens (including phenoxy) is 1. The molecule has 118 valence electrons. The van der Waals surface area contributed by atoms with Crippen molar-refractivity contribution in [3.8, 4) is 5.75 Å². The SMILES string of the molecule is NCc1ccccc1OCC(O)CN1CCCCCCC1. The predicted octanol–water partition coefficient (Wildman–Crippen LogP) is 2.15. The Morgan fingerprint density at radius 2 is 1.76 bits per heavy atom. The minimum absolute atomic E-state index is 0.327. The second kappa shape index (κ2) is 9.03. The third-order valence-corrected chi connectivity index (χ3v) is 4.04. The van der Waals surface area contributed by atoms with Gasteiger partial charge >= 0.3 is 0 Å². The first-order chi connectivity index (χ1) is 10.3. The fraction of sp³-hybridized carbons (Fsp3) is 0.647. The molecule has 4 nitrogen and oxygen atoms in total. The van der Waals surface area contributed by atoms with Crippen molar-refractivity contribution in [3.05, 3.63) is 29.8 Å². The number of nitrogens with zero attached hydrogens (tertiary/aromatic N) is 1. The Kier molecular flexibility index (Phi) is 7.00. The van der Waals surface area contributed by atoms with Gasteiger partial charge in [-0.05, 0) is 32.0 Å². The summed E-state index contributed by atoms with van der Waals surface area (Å²) in [5.41, 5.74) is 6.67. The summed E-state index contributed by atoms with van der Waals surface area (Å²) in [5, 5.41) is 10.2. The van der Waals surface area contributed by atoms with E-state index in [1.54, 1.807) is 0 Å². The molecule has 4 heteroatoms. The van der Waals surface area contributed by atoms with Gasteiger partial charge in [0.25, 0.3) is 0 Å². The summed E-state index contributed by atoms with van der Waals surface area (Å²) >= 11 is 0. The highest BCUT2D eigenvalue weighted by molar-refractivity contribution is 5.32. The van der Waals surface area contributed by atoms with E-state index in [9.17, 15) is 5.11 Å². The maximum Gasteiger partial charge on any atom is 0.123 e. The molecule has 1 unspecified atom stereocenters. The molecule has 2 rings (SSSR count). The van der Waals surface area contributed by atoms with Crippen molar-refractivity contribution >= 4 is 0 Å². The number of para-hydroxylation sites is 1. The minimum atomic E-state index is -0.449. The van der Waals surface area contributed by atoms with Crippen LogP contribution in [0.3, 0.4) is 0 Å². The number of hydrogen-bond acceptors (Lipinski definition) is 4. The lowest BCUT2D eigenvalue weighted by Gasteiger charge is -2.26. The van der Waals surface area contributed by atoms with Crippen LogP contribution in [0.2, 0.25) is 0 Å². The summed E-state index contributed by atoms with van der Waals surface area (Å²) in [6.07, 6.45) is 6.01. The zero-order valence-corrected chi connectivity index (χ0v) is 12.8. The number of hydrogen-bond donors (Lipinski definition) is 2. The molecule has 1 heterocycles. The number of aliphatic hydroxyl groups is 1. The normalized spacial score (nSPS) is 18.8. The maximum atomic E-state index is 10.2.